The van der Waals surface area contributed by atoms with Crippen molar-refractivity contribution >= 4 is 21.7 Å². The highest BCUT2D eigenvalue weighted by Crippen LogP contribution is 2.33. The number of aromatic nitrogens is 1. The molecule has 0 aliphatic carbocycles. The number of hydrogen-bond acceptors (Lipinski definition) is 3. The number of hydrogen-bond donors (Lipinski definition) is 1. The van der Waals surface area contributed by atoms with Crippen molar-refractivity contribution in [2.45, 2.75) is 6.10 Å². The molecule has 1 unspecified atom stereocenters. The van der Waals surface area contributed by atoms with Crippen LogP contribution < -0.4 is 0 Å². The van der Waals surface area contributed by atoms with Crippen molar-refractivity contribution in [2.75, 3.05) is 0 Å². The third-order valence-electron chi connectivity index (χ3n) is 3.81. The molecule has 0 saturated carbocycles. The van der Waals surface area contributed by atoms with Crippen LogP contribution >= 0.6 is 0 Å². The number of para-hydroxylation sites is 1. The molecule has 0 fully saturated rings. The molecule has 1 atom stereocenters. The minimum absolute atomic E-state index is 0.722. The van der Waals surface area contributed by atoms with E-state index in [0.717, 1.165) is 32.9 Å². The Bertz CT molecular complexity index is 921. The number of benzene rings is 2. The molecule has 4 aromatic rings. The topological polar surface area (TPSA) is 46.3 Å². The van der Waals surface area contributed by atoms with Crippen LogP contribution in [0.5, 0.6) is 0 Å². The Morgan fingerprint density at radius 3 is 2.76 bits per heavy atom. The molecule has 0 bridgehead atoms. The highest BCUT2D eigenvalue weighted by Gasteiger charge is 2.18. The van der Waals surface area contributed by atoms with Gasteiger partial charge in [0.2, 0.25) is 0 Å². The lowest BCUT2D eigenvalue weighted by molar-refractivity contribution is 0.222. The van der Waals surface area contributed by atoms with E-state index in [1.807, 2.05) is 48.5 Å². The Kier molecular flexibility index (Phi) is 2.72. The van der Waals surface area contributed by atoms with Gasteiger partial charge in [-0.2, -0.15) is 0 Å². The van der Waals surface area contributed by atoms with Crippen LogP contribution in [0.1, 0.15) is 17.2 Å². The zero-order valence-electron chi connectivity index (χ0n) is 11.2. The van der Waals surface area contributed by atoms with Crippen LogP contribution in [0.4, 0.5) is 0 Å². The number of pyridine rings is 1. The molecule has 1 N–H and O–H groups in total. The minimum atomic E-state index is -0.722. The van der Waals surface area contributed by atoms with E-state index in [1.54, 1.807) is 18.7 Å². The van der Waals surface area contributed by atoms with Gasteiger partial charge in [-0.3, -0.25) is 4.98 Å². The van der Waals surface area contributed by atoms with E-state index in [0.29, 0.717) is 0 Å². The maximum absolute atomic E-state index is 10.8. The van der Waals surface area contributed by atoms with E-state index in [9.17, 15) is 5.11 Å². The zero-order chi connectivity index (χ0) is 14.2. The van der Waals surface area contributed by atoms with Gasteiger partial charge in [-0.1, -0.05) is 36.4 Å². The summed E-state index contributed by atoms with van der Waals surface area (Å²) in [5.41, 5.74) is 2.44. The average molecular weight is 275 g/mol. The maximum Gasteiger partial charge on any atom is 0.134 e. The second kappa shape index (κ2) is 4.72. The zero-order valence-corrected chi connectivity index (χ0v) is 11.2. The Morgan fingerprint density at radius 1 is 0.905 bits per heavy atom. The number of rotatable bonds is 2. The van der Waals surface area contributed by atoms with Crippen LogP contribution in [0.3, 0.4) is 0 Å². The molecule has 3 nitrogen and oxygen atoms in total. The van der Waals surface area contributed by atoms with Crippen LogP contribution in [0.15, 0.2) is 71.6 Å². The van der Waals surface area contributed by atoms with Crippen LogP contribution in [0, 0.1) is 0 Å². The number of fused-ring (bicyclic) bond motifs is 2. The highest BCUT2D eigenvalue weighted by molar-refractivity contribution is 5.87. The van der Waals surface area contributed by atoms with Gasteiger partial charge in [0.25, 0.3) is 0 Å². The first-order chi connectivity index (χ1) is 10.3. The minimum Gasteiger partial charge on any atom is -0.464 e. The van der Waals surface area contributed by atoms with Crippen molar-refractivity contribution in [3.05, 3.63) is 78.3 Å². The monoisotopic (exact) mass is 275 g/mol. The normalized spacial score (nSPS) is 12.8. The number of aliphatic hydroxyl groups is 1. The first-order valence-corrected chi connectivity index (χ1v) is 6.81. The van der Waals surface area contributed by atoms with Gasteiger partial charge in [0, 0.05) is 28.7 Å². The molecule has 3 heteroatoms. The Labute approximate surface area is 121 Å². The average Bonchev–Trinajstić information content (AvgIpc) is 2.98. The van der Waals surface area contributed by atoms with E-state index >= 15 is 0 Å². The molecule has 0 aliphatic rings. The lowest BCUT2D eigenvalue weighted by Gasteiger charge is -2.12. The highest BCUT2D eigenvalue weighted by atomic mass is 16.3. The van der Waals surface area contributed by atoms with Crippen LogP contribution in [0.25, 0.3) is 21.7 Å². The third kappa shape index (κ3) is 1.90. The first kappa shape index (κ1) is 12.1. The summed E-state index contributed by atoms with van der Waals surface area (Å²) < 4.78 is 5.53. The van der Waals surface area contributed by atoms with Gasteiger partial charge in [-0.15, -0.1) is 0 Å². The van der Waals surface area contributed by atoms with Gasteiger partial charge in [0.05, 0.1) is 6.26 Å². The molecule has 0 amide bonds. The molecule has 4 rings (SSSR count). The summed E-state index contributed by atoms with van der Waals surface area (Å²) in [6.07, 6.45) is 4.46. The van der Waals surface area contributed by atoms with E-state index < -0.39 is 6.10 Å². The fourth-order valence-corrected chi connectivity index (χ4v) is 2.76. The van der Waals surface area contributed by atoms with Gasteiger partial charge in [0.1, 0.15) is 11.7 Å². The summed E-state index contributed by atoms with van der Waals surface area (Å²) in [6.45, 7) is 0. The van der Waals surface area contributed by atoms with Gasteiger partial charge < -0.3 is 9.52 Å². The number of nitrogens with zero attached hydrogens (tertiary/aromatic N) is 1. The summed E-state index contributed by atoms with van der Waals surface area (Å²) in [5, 5.41) is 13.8. The Morgan fingerprint density at radius 2 is 1.81 bits per heavy atom. The summed E-state index contributed by atoms with van der Waals surface area (Å²) in [7, 11) is 0. The van der Waals surface area contributed by atoms with Crippen molar-refractivity contribution < 1.29 is 9.52 Å². The van der Waals surface area contributed by atoms with Gasteiger partial charge in [0.15, 0.2) is 0 Å². The molecule has 0 spiro atoms. The molecule has 0 saturated heterocycles. The first-order valence-electron chi connectivity index (χ1n) is 6.81. The lowest BCUT2D eigenvalue weighted by atomic mass is 9.96. The second-order valence-electron chi connectivity index (χ2n) is 5.03. The molecule has 0 aliphatic heterocycles. The number of aliphatic hydroxyl groups excluding tert-OH is 1. The maximum atomic E-state index is 10.8. The molecule has 2 aromatic carbocycles. The van der Waals surface area contributed by atoms with Crippen molar-refractivity contribution in [2.24, 2.45) is 0 Å². The van der Waals surface area contributed by atoms with E-state index in [2.05, 4.69) is 4.98 Å². The standard InChI is InChI=1S/C18H13NO2/c20-18(16-11-21-17-7-2-1-5-14(16)17)15-6-3-4-12-10-19-9-8-13(12)15/h1-11,18,20H. The van der Waals surface area contributed by atoms with Gasteiger partial charge in [-0.05, 0) is 23.1 Å². The predicted octanol–water partition coefficient (Wildman–Crippen LogP) is 4.06. The molecular formula is C18H13NO2. The molecule has 21 heavy (non-hydrogen) atoms. The fraction of sp³-hybridized carbons (Fsp3) is 0.0556. The van der Waals surface area contributed by atoms with Crippen molar-refractivity contribution in [1.29, 1.82) is 0 Å². The summed E-state index contributed by atoms with van der Waals surface area (Å²) in [5.74, 6) is 0. The second-order valence-corrected chi connectivity index (χ2v) is 5.03. The molecule has 2 heterocycles. The van der Waals surface area contributed by atoms with Crippen LogP contribution in [-0.2, 0) is 0 Å². The third-order valence-corrected chi connectivity index (χ3v) is 3.81. The quantitative estimate of drug-likeness (QED) is 0.600. The molecular weight excluding hydrogens is 262 g/mol. The molecule has 2 aromatic heterocycles. The van der Waals surface area contributed by atoms with E-state index in [4.69, 9.17) is 4.42 Å². The van der Waals surface area contributed by atoms with Gasteiger partial charge >= 0.3 is 0 Å². The lowest BCUT2D eigenvalue weighted by Crippen LogP contribution is -1.99. The molecule has 102 valence electrons. The van der Waals surface area contributed by atoms with Crippen molar-refractivity contribution in [3.8, 4) is 0 Å². The van der Waals surface area contributed by atoms with Crippen LogP contribution in [0.2, 0.25) is 0 Å². The fourth-order valence-electron chi connectivity index (χ4n) is 2.76. The summed E-state index contributed by atoms with van der Waals surface area (Å²) in [4.78, 5) is 4.13. The SMILES string of the molecule is OC(c1cccc2cnccc12)c1coc2ccccc12. The number of furan rings is 1. The Hall–Kier alpha value is -2.65. The summed E-state index contributed by atoms with van der Waals surface area (Å²) in [6, 6.07) is 15.5. The molecule has 0 radical (unpaired) electrons. The smallest absolute Gasteiger partial charge is 0.134 e. The summed E-state index contributed by atoms with van der Waals surface area (Å²) >= 11 is 0. The Balaban J connectivity index is 1.92. The predicted molar refractivity (Wildman–Crippen MR) is 82.0 cm³/mol. The van der Waals surface area contributed by atoms with Crippen molar-refractivity contribution in [3.63, 3.8) is 0 Å². The van der Waals surface area contributed by atoms with Crippen molar-refractivity contribution in [1.82, 2.24) is 4.98 Å². The van der Waals surface area contributed by atoms with E-state index in [1.165, 1.54) is 0 Å². The van der Waals surface area contributed by atoms with E-state index in [-0.39, 0.29) is 0 Å². The van der Waals surface area contributed by atoms with Crippen LogP contribution in [-0.4, -0.2) is 10.1 Å². The van der Waals surface area contributed by atoms with Gasteiger partial charge in [-0.25, -0.2) is 0 Å². The largest absolute Gasteiger partial charge is 0.464 e.